The number of nitrogens with zero attached hydrogens (tertiary/aromatic N) is 1. The number of hydrogen-bond donors (Lipinski definition) is 0. The third-order valence-electron chi connectivity index (χ3n) is 4.39. The van der Waals surface area contributed by atoms with Crippen LogP contribution in [0.4, 0.5) is 0 Å². The standard InChI is InChI=1S/C23H21NO4/c1-17(25)28-24-22-11-6-5-10-20(22)21-13-12-19(16-23(21)24)27-15-7-14-26-18-8-3-2-4-9-18/h2-6,8-13,16H,7,14-15H2,1H3. The topological polar surface area (TPSA) is 49.7 Å². The molecule has 1 aromatic heterocycles. The maximum Gasteiger partial charge on any atom is 0.329 e. The lowest BCUT2D eigenvalue weighted by Gasteiger charge is -2.09. The lowest BCUT2D eigenvalue weighted by molar-refractivity contribution is -0.140. The van der Waals surface area contributed by atoms with Gasteiger partial charge >= 0.3 is 5.97 Å². The highest BCUT2D eigenvalue weighted by Gasteiger charge is 2.13. The smallest absolute Gasteiger partial charge is 0.329 e. The van der Waals surface area contributed by atoms with Crippen LogP contribution < -0.4 is 14.3 Å². The second-order valence-electron chi connectivity index (χ2n) is 6.44. The van der Waals surface area contributed by atoms with E-state index in [9.17, 15) is 4.79 Å². The minimum absolute atomic E-state index is 0.368. The second kappa shape index (κ2) is 8.05. The number of ether oxygens (including phenoxy) is 2. The van der Waals surface area contributed by atoms with Gasteiger partial charge < -0.3 is 14.3 Å². The highest BCUT2D eigenvalue weighted by molar-refractivity contribution is 6.08. The summed E-state index contributed by atoms with van der Waals surface area (Å²) in [4.78, 5) is 17.0. The van der Waals surface area contributed by atoms with Crippen molar-refractivity contribution in [1.29, 1.82) is 0 Å². The summed E-state index contributed by atoms with van der Waals surface area (Å²) in [5.74, 6) is 1.21. The third kappa shape index (κ3) is 3.78. The fraction of sp³-hybridized carbons (Fsp3) is 0.174. The number of carbonyl (C=O) groups excluding carboxylic acids is 1. The Balaban J connectivity index is 1.48. The van der Waals surface area contributed by atoms with Crippen molar-refractivity contribution in [2.24, 2.45) is 0 Å². The van der Waals surface area contributed by atoms with Gasteiger partial charge in [-0.3, -0.25) is 0 Å². The Morgan fingerprint density at radius 2 is 1.46 bits per heavy atom. The van der Waals surface area contributed by atoms with Crippen molar-refractivity contribution in [1.82, 2.24) is 4.73 Å². The molecule has 0 fully saturated rings. The fourth-order valence-corrected chi connectivity index (χ4v) is 3.19. The van der Waals surface area contributed by atoms with E-state index in [-0.39, 0.29) is 5.97 Å². The normalized spacial score (nSPS) is 10.9. The molecule has 3 aromatic carbocycles. The van der Waals surface area contributed by atoms with Crippen LogP contribution in [0.5, 0.6) is 11.5 Å². The summed E-state index contributed by atoms with van der Waals surface area (Å²) in [6.45, 7) is 2.51. The molecule has 4 rings (SSSR count). The largest absolute Gasteiger partial charge is 0.493 e. The average molecular weight is 375 g/mol. The molecule has 5 nitrogen and oxygen atoms in total. The lowest BCUT2D eigenvalue weighted by atomic mass is 10.1. The summed E-state index contributed by atoms with van der Waals surface area (Å²) < 4.78 is 13.1. The van der Waals surface area contributed by atoms with Crippen LogP contribution in [0.1, 0.15) is 13.3 Å². The summed E-state index contributed by atoms with van der Waals surface area (Å²) in [5.41, 5.74) is 1.65. The van der Waals surface area contributed by atoms with E-state index in [4.69, 9.17) is 14.3 Å². The third-order valence-corrected chi connectivity index (χ3v) is 4.39. The van der Waals surface area contributed by atoms with E-state index in [2.05, 4.69) is 0 Å². The molecular formula is C23H21NO4. The quantitative estimate of drug-likeness (QED) is 0.442. The van der Waals surface area contributed by atoms with E-state index in [1.165, 1.54) is 6.92 Å². The molecule has 0 saturated carbocycles. The second-order valence-corrected chi connectivity index (χ2v) is 6.44. The van der Waals surface area contributed by atoms with Gasteiger partial charge in [0.25, 0.3) is 0 Å². The molecule has 0 bridgehead atoms. The number of carbonyl (C=O) groups is 1. The van der Waals surface area contributed by atoms with E-state index in [1.807, 2.05) is 72.8 Å². The molecule has 1 heterocycles. The first-order valence-electron chi connectivity index (χ1n) is 9.25. The Morgan fingerprint density at radius 3 is 2.25 bits per heavy atom. The van der Waals surface area contributed by atoms with Crippen LogP contribution in [0.3, 0.4) is 0 Å². The monoisotopic (exact) mass is 375 g/mol. The Kier molecular flexibility index (Phi) is 5.15. The molecule has 0 radical (unpaired) electrons. The SMILES string of the molecule is CC(=O)On1c2ccccc2c2ccc(OCCCOc3ccccc3)cc21. The molecule has 28 heavy (non-hydrogen) atoms. The average Bonchev–Trinajstić information content (AvgIpc) is 3.01. The molecule has 142 valence electrons. The highest BCUT2D eigenvalue weighted by atomic mass is 16.7. The maximum absolute atomic E-state index is 11.6. The van der Waals surface area contributed by atoms with Gasteiger partial charge in [-0.2, -0.15) is 4.73 Å². The molecule has 0 saturated heterocycles. The van der Waals surface area contributed by atoms with Gasteiger partial charge in [0, 0.05) is 30.2 Å². The van der Waals surface area contributed by atoms with Crippen molar-refractivity contribution >= 4 is 27.8 Å². The predicted molar refractivity (Wildman–Crippen MR) is 109 cm³/mol. The molecule has 0 aliphatic carbocycles. The van der Waals surface area contributed by atoms with Crippen molar-refractivity contribution in [2.75, 3.05) is 13.2 Å². The van der Waals surface area contributed by atoms with Gasteiger partial charge in [0.2, 0.25) is 0 Å². The molecule has 0 unspecified atom stereocenters. The van der Waals surface area contributed by atoms with Gasteiger partial charge in [-0.1, -0.05) is 36.4 Å². The van der Waals surface area contributed by atoms with Crippen LogP contribution in [0.15, 0.2) is 72.8 Å². The number of benzene rings is 3. The molecule has 0 N–H and O–H groups in total. The van der Waals surface area contributed by atoms with Crippen LogP contribution in [0.25, 0.3) is 21.8 Å². The zero-order valence-corrected chi connectivity index (χ0v) is 15.6. The van der Waals surface area contributed by atoms with Crippen LogP contribution in [0, 0.1) is 0 Å². The number of fused-ring (bicyclic) bond motifs is 3. The van der Waals surface area contributed by atoms with Crippen molar-refractivity contribution in [3.05, 3.63) is 72.8 Å². The van der Waals surface area contributed by atoms with Crippen LogP contribution >= 0.6 is 0 Å². The van der Waals surface area contributed by atoms with Crippen LogP contribution in [-0.4, -0.2) is 23.9 Å². The zero-order valence-electron chi connectivity index (χ0n) is 15.6. The first-order valence-corrected chi connectivity index (χ1v) is 9.25. The number of hydrogen-bond acceptors (Lipinski definition) is 4. The summed E-state index contributed by atoms with van der Waals surface area (Å²) in [6.07, 6.45) is 0.764. The fourth-order valence-electron chi connectivity index (χ4n) is 3.19. The lowest BCUT2D eigenvalue weighted by Crippen LogP contribution is -2.15. The summed E-state index contributed by atoms with van der Waals surface area (Å²) in [6, 6.07) is 23.4. The molecule has 0 aliphatic rings. The summed E-state index contributed by atoms with van der Waals surface area (Å²) in [7, 11) is 0. The minimum Gasteiger partial charge on any atom is -0.493 e. The molecule has 0 spiro atoms. The van der Waals surface area contributed by atoms with Gasteiger partial charge in [-0.15, -0.1) is 0 Å². The van der Waals surface area contributed by atoms with Crippen molar-refractivity contribution in [2.45, 2.75) is 13.3 Å². The van der Waals surface area contributed by atoms with E-state index >= 15 is 0 Å². The van der Waals surface area contributed by atoms with Crippen molar-refractivity contribution in [3.63, 3.8) is 0 Å². The Morgan fingerprint density at radius 1 is 0.786 bits per heavy atom. The van der Waals surface area contributed by atoms with Crippen LogP contribution in [-0.2, 0) is 4.79 Å². The molecule has 5 heteroatoms. The van der Waals surface area contributed by atoms with Gasteiger partial charge in [-0.25, -0.2) is 4.79 Å². The molecular weight excluding hydrogens is 354 g/mol. The zero-order chi connectivity index (χ0) is 19.3. The molecule has 0 amide bonds. The maximum atomic E-state index is 11.6. The summed E-state index contributed by atoms with van der Waals surface area (Å²) >= 11 is 0. The minimum atomic E-state index is -0.368. The van der Waals surface area contributed by atoms with Crippen molar-refractivity contribution in [3.8, 4) is 11.5 Å². The van der Waals surface area contributed by atoms with Crippen molar-refractivity contribution < 1.29 is 19.1 Å². The number of rotatable bonds is 7. The van der Waals surface area contributed by atoms with E-state index in [1.54, 1.807) is 4.73 Å². The molecule has 4 aromatic rings. The predicted octanol–water partition coefficient (Wildman–Crippen LogP) is 4.62. The number of aromatic nitrogens is 1. The Labute approximate surface area is 163 Å². The van der Waals surface area contributed by atoms with Gasteiger partial charge in [0.05, 0.1) is 24.2 Å². The van der Waals surface area contributed by atoms with Gasteiger partial charge in [0.1, 0.15) is 11.5 Å². The highest BCUT2D eigenvalue weighted by Crippen LogP contribution is 2.30. The Bertz CT molecular complexity index is 1100. The van der Waals surface area contributed by atoms with Crippen LogP contribution in [0.2, 0.25) is 0 Å². The van der Waals surface area contributed by atoms with Gasteiger partial charge in [-0.05, 0) is 30.3 Å². The van der Waals surface area contributed by atoms with E-state index in [0.29, 0.717) is 13.2 Å². The first-order chi connectivity index (χ1) is 13.7. The molecule has 0 atom stereocenters. The summed E-state index contributed by atoms with van der Waals surface area (Å²) in [5, 5.41) is 2.04. The van der Waals surface area contributed by atoms with E-state index < -0.39 is 0 Å². The van der Waals surface area contributed by atoms with Gasteiger partial charge in [0.15, 0.2) is 0 Å². The Hall–Kier alpha value is -3.47. The first kappa shape index (κ1) is 17.9. The number of para-hydroxylation sites is 2. The molecule has 0 aliphatic heterocycles. The van der Waals surface area contributed by atoms with E-state index in [0.717, 1.165) is 39.7 Å².